The molecule has 0 radical (unpaired) electrons. The van der Waals surface area contributed by atoms with Gasteiger partial charge in [0.1, 0.15) is 6.04 Å². The molecular weight excluding hydrogens is 258 g/mol. The molecular formula is C13H23N5O2. The van der Waals surface area contributed by atoms with Gasteiger partial charge in [0.2, 0.25) is 5.91 Å². The molecule has 1 unspecified atom stereocenters. The van der Waals surface area contributed by atoms with Crippen molar-refractivity contribution in [1.82, 2.24) is 20.0 Å². The van der Waals surface area contributed by atoms with Crippen molar-refractivity contribution >= 4 is 17.5 Å². The summed E-state index contributed by atoms with van der Waals surface area (Å²) in [5.41, 5.74) is 6.21. The smallest absolute Gasteiger partial charge is 0.274 e. The number of amides is 2. The van der Waals surface area contributed by atoms with Gasteiger partial charge in [-0.3, -0.25) is 14.3 Å². The van der Waals surface area contributed by atoms with Gasteiger partial charge in [0.25, 0.3) is 5.91 Å². The van der Waals surface area contributed by atoms with Crippen LogP contribution in [0.15, 0.2) is 6.20 Å². The van der Waals surface area contributed by atoms with Gasteiger partial charge in [-0.25, -0.2) is 0 Å². The van der Waals surface area contributed by atoms with Crippen LogP contribution >= 0.6 is 0 Å². The molecule has 7 nitrogen and oxygen atoms in total. The molecule has 1 heterocycles. The van der Waals surface area contributed by atoms with Gasteiger partial charge in [0.15, 0.2) is 5.69 Å². The first-order chi connectivity index (χ1) is 9.44. The summed E-state index contributed by atoms with van der Waals surface area (Å²) in [6, 6.07) is -0.603. The van der Waals surface area contributed by atoms with Gasteiger partial charge < -0.3 is 16.0 Å². The highest BCUT2D eigenvalue weighted by Gasteiger charge is 2.23. The Morgan fingerprint density at radius 1 is 1.40 bits per heavy atom. The number of rotatable bonds is 6. The summed E-state index contributed by atoms with van der Waals surface area (Å²) in [4.78, 5) is 25.8. The number of nitrogens with one attached hydrogen (secondary N) is 1. The number of nitrogen functional groups attached to an aromatic ring is 1. The lowest BCUT2D eigenvalue weighted by atomic mass is 10.2. The van der Waals surface area contributed by atoms with Gasteiger partial charge in [-0.2, -0.15) is 5.10 Å². The minimum absolute atomic E-state index is 0.114. The first kappa shape index (κ1) is 16.0. The van der Waals surface area contributed by atoms with E-state index >= 15 is 0 Å². The molecule has 1 atom stereocenters. The zero-order valence-corrected chi connectivity index (χ0v) is 12.5. The number of aromatic nitrogens is 2. The zero-order valence-electron chi connectivity index (χ0n) is 12.5. The Balaban J connectivity index is 2.74. The predicted molar refractivity (Wildman–Crippen MR) is 77.2 cm³/mol. The second-order valence-electron chi connectivity index (χ2n) is 4.49. The van der Waals surface area contributed by atoms with Crippen LogP contribution in [-0.2, 0) is 11.3 Å². The Morgan fingerprint density at radius 3 is 2.45 bits per heavy atom. The molecule has 0 aliphatic heterocycles. The maximum absolute atomic E-state index is 12.1. The van der Waals surface area contributed by atoms with Crippen molar-refractivity contribution in [3.63, 3.8) is 0 Å². The normalized spacial score (nSPS) is 12.0. The van der Waals surface area contributed by atoms with Gasteiger partial charge in [0.05, 0.1) is 5.69 Å². The molecule has 1 rings (SSSR count). The molecule has 0 saturated carbocycles. The number of carbonyl (C=O) groups excluding carboxylic acids is 2. The number of carbonyl (C=O) groups is 2. The van der Waals surface area contributed by atoms with Crippen LogP contribution in [-0.4, -0.2) is 45.6 Å². The van der Waals surface area contributed by atoms with E-state index in [1.165, 1.54) is 0 Å². The molecule has 2 amide bonds. The van der Waals surface area contributed by atoms with Crippen molar-refractivity contribution in [3.05, 3.63) is 11.9 Å². The third-order valence-corrected chi connectivity index (χ3v) is 3.12. The van der Waals surface area contributed by atoms with Crippen LogP contribution in [0.5, 0.6) is 0 Å². The first-order valence-corrected chi connectivity index (χ1v) is 6.87. The largest absolute Gasteiger partial charge is 0.396 e. The van der Waals surface area contributed by atoms with Crippen LogP contribution in [0.25, 0.3) is 0 Å². The maximum Gasteiger partial charge on any atom is 0.274 e. The molecule has 112 valence electrons. The molecule has 0 fully saturated rings. The summed E-state index contributed by atoms with van der Waals surface area (Å²) in [6.07, 6.45) is 1.60. The highest BCUT2D eigenvalue weighted by molar-refractivity contribution is 5.99. The Labute approximate surface area is 119 Å². The van der Waals surface area contributed by atoms with Gasteiger partial charge in [0, 0.05) is 25.8 Å². The minimum atomic E-state index is -0.603. The monoisotopic (exact) mass is 281 g/mol. The molecule has 1 aromatic rings. The van der Waals surface area contributed by atoms with Crippen molar-refractivity contribution < 1.29 is 9.59 Å². The standard InChI is InChI=1S/C13H23N5O2/c1-5-17(6-2)13(20)9(4)15-12(19)11-10(14)8-18(7-3)16-11/h8-9H,5-7,14H2,1-4H3,(H,15,19). The number of nitrogens with zero attached hydrogens (tertiary/aromatic N) is 3. The van der Waals surface area contributed by atoms with E-state index in [9.17, 15) is 9.59 Å². The quantitative estimate of drug-likeness (QED) is 0.792. The summed E-state index contributed by atoms with van der Waals surface area (Å²) in [7, 11) is 0. The van der Waals surface area contributed by atoms with Gasteiger partial charge in [-0.1, -0.05) is 0 Å². The van der Waals surface area contributed by atoms with Crippen LogP contribution in [0.2, 0.25) is 0 Å². The number of anilines is 1. The predicted octanol–water partition coefficient (Wildman–Crippen LogP) is 0.472. The van der Waals surface area contributed by atoms with Crippen molar-refractivity contribution in [3.8, 4) is 0 Å². The third-order valence-electron chi connectivity index (χ3n) is 3.12. The van der Waals surface area contributed by atoms with Crippen molar-refractivity contribution in [2.45, 2.75) is 40.3 Å². The van der Waals surface area contributed by atoms with Gasteiger partial charge >= 0.3 is 0 Å². The van der Waals surface area contributed by atoms with E-state index in [4.69, 9.17) is 5.73 Å². The molecule has 0 bridgehead atoms. The molecule has 0 aliphatic carbocycles. The lowest BCUT2D eigenvalue weighted by Gasteiger charge is -2.23. The Morgan fingerprint density at radius 2 is 2.00 bits per heavy atom. The number of aryl methyl sites for hydroxylation is 1. The Bertz CT molecular complexity index is 479. The van der Waals surface area contributed by atoms with Crippen LogP contribution in [0.3, 0.4) is 0 Å². The van der Waals surface area contributed by atoms with Crippen LogP contribution < -0.4 is 11.1 Å². The first-order valence-electron chi connectivity index (χ1n) is 6.87. The molecule has 0 saturated heterocycles. The fourth-order valence-electron chi connectivity index (χ4n) is 1.91. The number of likely N-dealkylation sites (N-methyl/N-ethyl adjacent to an activating group) is 1. The van der Waals surface area contributed by atoms with Crippen molar-refractivity contribution in [2.75, 3.05) is 18.8 Å². The van der Waals surface area contributed by atoms with E-state index in [1.54, 1.807) is 22.7 Å². The van der Waals surface area contributed by atoms with Crippen molar-refractivity contribution in [2.24, 2.45) is 0 Å². The fraction of sp³-hybridized carbons (Fsp3) is 0.615. The summed E-state index contributed by atoms with van der Waals surface area (Å²) >= 11 is 0. The van der Waals surface area contributed by atoms with E-state index in [0.29, 0.717) is 25.3 Å². The second kappa shape index (κ2) is 6.93. The number of nitrogens with two attached hydrogens (primary N) is 1. The maximum atomic E-state index is 12.1. The average Bonchev–Trinajstić information content (AvgIpc) is 2.81. The summed E-state index contributed by atoms with van der Waals surface area (Å²) in [5, 5.41) is 6.72. The van der Waals surface area contributed by atoms with Crippen LogP contribution in [0.4, 0.5) is 5.69 Å². The van der Waals surface area contributed by atoms with Crippen LogP contribution in [0.1, 0.15) is 38.2 Å². The molecule has 7 heteroatoms. The highest BCUT2D eigenvalue weighted by Crippen LogP contribution is 2.09. The lowest BCUT2D eigenvalue weighted by Crippen LogP contribution is -2.47. The number of hydrogen-bond acceptors (Lipinski definition) is 4. The Hall–Kier alpha value is -2.05. The van der Waals surface area contributed by atoms with E-state index < -0.39 is 11.9 Å². The molecule has 0 aliphatic rings. The molecule has 0 spiro atoms. The summed E-state index contributed by atoms with van der Waals surface area (Å²) < 4.78 is 1.58. The zero-order chi connectivity index (χ0) is 15.3. The molecule has 0 aromatic carbocycles. The van der Waals surface area contributed by atoms with E-state index in [1.807, 2.05) is 20.8 Å². The highest BCUT2D eigenvalue weighted by atomic mass is 16.2. The SMILES string of the molecule is CCN(CC)C(=O)C(C)NC(=O)c1nn(CC)cc1N. The average molecular weight is 281 g/mol. The third kappa shape index (κ3) is 3.49. The number of hydrogen-bond donors (Lipinski definition) is 2. The van der Waals surface area contributed by atoms with E-state index in [2.05, 4.69) is 10.4 Å². The Kier molecular flexibility index (Phi) is 5.54. The second-order valence-corrected chi connectivity index (χ2v) is 4.49. The lowest BCUT2D eigenvalue weighted by molar-refractivity contribution is -0.132. The molecule has 1 aromatic heterocycles. The van der Waals surface area contributed by atoms with Crippen molar-refractivity contribution in [1.29, 1.82) is 0 Å². The molecule has 3 N–H and O–H groups in total. The topological polar surface area (TPSA) is 93.2 Å². The van der Waals surface area contributed by atoms with Gasteiger partial charge in [-0.05, 0) is 27.7 Å². The minimum Gasteiger partial charge on any atom is -0.396 e. The van der Waals surface area contributed by atoms with Crippen LogP contribution in [0, 0.1) is 0 Å². The summed E-state index contributed by atoms with van der Waals surface area (Å²) in [6.45, 7) is 9.22. The van der Waals surface area contributed by atoms with E-state index in [-0.39, 0.29) is 11.6 Å². The van der Waals surface area contributed by atoms with Gasteiger partial charge in [-0.15, -0.1) is 0 Å². The summed E-state index contributed by atoms with van der Waals surface area (Å²) in [5.74, 6) is -0.542. The van der Waals surface area contributed by atoms with E-state index in [0.717, 1.165) is 0 Å². The molecule has 20 heavy (non-hydrogen) atoms. The fourth-order valence-corrected chi connectivity index (χ4v) is 1.91.